The highest BCUT2D eigenvalue weighted by Gasteiger charge is 2.32. The van der Waals surface area contributed by atoms with Gasteiger partial charge < -0.3 is 10.0 Å². The lowest BCUT2D eigenvalue weighted by Crippen LogP contribution is -2.40. The van der Waals surface area contributed by atoms with Gasteiger partial charge in [-0.15, -0.1) is 0 Å². The minimum absolute atomic E-state index is 0.0636. The highest BCUT2D eigenvalue weighted by Crippen LogP contribution is 2.29. The molecular weight excluding hydrogens is 340 g/mol. The largest absolute Gasteiger partial charge is 0.389 e. The molecule has 1 amide bonds. The zero-order valence-corrected chi connectivity index (χ0v) is 15.2. The van der Waals surface area contributed by atoms with Crippen LogP contribution in [0.25, 0.3) is 0 Å². The summed E-state index contributed by atoms with van der Waals surface area (Å²) in [5.41, 5.74) is 0.100. The Balaban J connectivity index is 1.56. The second-order valence-corrected chi connectivity index (χ2v) is 8.90. The monoisotopic (exact) mass is 366 g/mol. The van der Waals surface area contributed by atoms with E-state index in [-0.39, 0.29) is 17.3 Å². The molecule has 0 atom stereocenters. The molecule has 1 aromatic carbocycles. The summed E-state index contributed by atoms with van der Waals surface area (Å²) in [6.07, 6.45) is 5.44. The first-order valence-corrected chi connectivity index (χ1v) is 10.5. The Kier molecular flexibility index (Phi) is 5.46. The molecule has 0 radical (unpaired) electrons. The van der Waals surface area contributed by atoms with Crippen molar-refractivity contribution in [1.29, 1.82) is 0 Å². The van der Waals surface area contributed by atoms with Gasteiger partial charge in [0.1, 0.15) is 0 Å². The summed E-state index contributed by atoms with van der Waals surface area (Å²) >= 11 is 0. The van der Waals surface area contributed by atoms with Crippen LogP contribution in [-0.2, 0) is 21.2 Å². The Hall–Kier alpha value is -1.44. The standard InChI is InChI=1S/C18H26N2O4S/c21-17-4-3-12-20(17)13-9-15-5-7-16(8-6-15)25(23,24)19-14-18(22)10-1-2-11-18/h5-8,19,22H,1-4,9-14H2. The van der Waals surface area contributed by atoms with E-state index >= 15 is 0 Å². The maximum atomic E-state index is 12.4. The Morgan fingerprint density at radius 3 is 2.40 bits per heavy atom. The van der Waals surface area contributed by atoms with Crippen LogP contribution in [0.3, 0.4) is 0 Å². The number of amides is 1. The third kappa shape index (κ3) is 4.59. The van der Waals surface area contributed by atoms with Crippen molar-refractivity contribution in [3.05, 3.63) is 29.8 Å². The molecule has 0 spiro atoms. The lowest BCUT2D eigenvalue weighted by Gasteiger charge is -2.22. The quantitative estimate of drug-likeness (QED) is 0.764. The third-order valence-electron chi connectivity index (χ3n) is 5.20. The molecule has 6 nitrogen and oxygen atoms in total. The molecule has 7 heteroatoms. The number of hydrogen-bond acceptors (Lipinski definition) is 4. The van der Waals surface area contributed by atoms with E-state index in [1.54, 1.807) is 24.3 Å². The summed E-state index contributed by atoms with van der Waals surface area (Å²) < 4.78 is 27.3. The molecule has 3 rings (SSSR count). The molecule has 1 heterocycles. The van der Waals surface area contributed by atoms with Gasteiger partial charge in [-0.2, -0.15) is 0 Å². The number of sulfonamides is 1. The number of aliphatic hydroxyl groups is 1. The first kappa shape index (κ1) is 18.4. The van der Waals surface area contributed by atoms with E-state index in [9.17, 15) is 18.3 Å². The van der Waals surface area contributed by atoms with Gasteiger partial charge in [-0.3, -0.25) is 4.79 Å². The van der Waals surface area contributed by atoms with E-state index in [0.717, 1.165) is 37.8 Å². The molecule has 1 aromatic rings. The van der Waals surface area contributed by atoms with Gasteiger partial charge in [0.15, 0.2) is 0 Å². The van der Waals surface area contributed by atoms with Crippen LogP contribution in [0.5, 0.6) is 0 Å². The van der Waals surface area contributed by atoms with Crippen molar-refractivity contribution in [2.45, 2.75) is 55.4 Å². The molecule has 1 saturated carbocycles. The maximum Gasteiger partial charge on any atom is 0.240 e. The Morgan fingerprint density at radius 1 is 1.12 bits per heavy atom. The first-order chi connectivity index (χ1) is 11.9. The molecule has 2 aliphatic rings. The number of rotatable bonds is 7. The minimum Gasteiger partial charge on any atom is -0.389 e. The van der Waals surface area contributed by atoms with Crippen LogP contribution < -0.4 is 4.72 Å². The van der Waals surface area contributed by atoms with Crippen molar-refractivity contribution in [3.8, 4) is 0 Å². The van der Waals surface area contributed by atoms with Crippen LogP contribution in [-0.4, -0.2) is 49.6 Å². The van der Waals surface area contributed by atoms with Gasteiger partial charge >= 0.3 is 0 Å². The van der Waals surface area contributed by atoms with Gasteiger partial charge in [0.25, 0.3) is 0 Å². The predicted molar refractivity (Wildman–Crippen MR) is 94.6 cm³/mol. The van der Waals surface area contributed by atoms with Crippen molar-refractivity contribution >= 4 is 15.9 Å². The molecule has 0 unspecified atom stereocenters. The van der Waals surface area contributed by atoms with E-state index in [1.807, 2.05) is 4.90 Å². The number of benzene rings is 1. The second kappa shape index (κ2) is 7.43. The van der Waals surface area contributed by atoms with E-state index in [2.05, 4.69) is 4.72 Å². The maximum absolute atomic E-state index is 12.4. The number of hydrogen-bond donors (Lipinski definition) is 2. The van der Waals surface area contributed by atoms with Crippen molar-refractivity contribution < 1.29 is 18.3 Å². The van der Waals surface area contributed by atoms with Crippen molar-refractivity contribution in [2.75, 3.05) is 19.6 Å². The smallest absolute Gasteiger partial charge is 0.240 e. The lowest BCUT2D eigenvalue weighted by atomic mass is 10.0. The van der Waals surface area contributed by atoms with E-state index in [1.165, 1.54) is 0 Å². The van der Waals surface area contributed by atoms with Crippen LogP contribution in [0.4, 0.5) is 0 Å². The minimum atomic E-state index is -3.62. The molecule has 138 valence electrons. The number of nitrogens with zero attached hydrogens (tertiary/aromatic N) is 1. The van der Waals surface area contributed by atoms with Crippen LogP contribution >= 0.6 is 0 Å². The topological polar surface area (TPSA) is 86.7 Å². The molecule has 2 fully saturated rings. The Bertz CT molecular complexity index is 709. The highest BCUT2D eigenvalue weighted by molar-refractivity contribution is 7.89. The van der Waals surface area contributed by atoms with Gasteiger partial charge in [-0.25, -0.2) is 13.1 Å². The molecule has 0 bridgehead atoms. The van der Waals surface area contributed by atoms with Gasteiger partial charge in [0.2, 0.25) is 15.9 Å². The van der Waals surface area contributed by atoms with Gasteiger partial charge in [-0.1, -0.05) is 25.0 Å². The van der Waals surface area contributed by atoms with Crippen molar-refractivity contribution in [3.63, 3.8) is 0 Å². The van der Waals surface area contributed by atoms with Crippen LogP contribution in [0.2, 0.25) is 0 Å². The lowest BCUT2D eigenvalue weighted by molar-refractivity contribution is -0.127. The highest BCUT2D eigenvalue weighted by atomic mass is 32.2. The second-order valence-electron chi connectivity index (χ2n) is 7.13. The zero-order valence-electron chi connectivity index (χ0n) is 14.4. The van der Waals surface area contributed by atoms with E-state index < -0.39 is 15.6 Å². The summed E-state index contributed by atoms with van der Waals surface area (Å²) in [4.78, 5) is 13.7. The number of likely N-dealkylation sites (tertiary alicyclic amines) is 1. The van der Waals surface area contributed by atoms with Crippen molar-refractivity contribution in [2.24, 2.45) is 0 Å². The number of nitrogens with one attached hydrogen (secondary N) is 1. The van der Waals surface area contributed by atoms with Gasteiger partial charge in [0, 0.05) is 26.1 Å². The molecular formula is C18H26N2O4S. The van der Waals surface area contributed by atoms with Crippen molar-refractivity contribution in [1.82, 2.24) is 9.62 Å². The van der Waals surface area contributed by atoms with E-state index in [0.29, 0.717) is 25.8 Å². The zero-order chi connectivity index (χ0) is 17.9. The third-order valence-corrected chi connectivity index (χ3v) is 6.62. The van der Waals surface area contributed by atoms with Crippen LogP contribution in [0.15, 0.2) is 29.2 Å². The summed E-state index contributed by atoms with van der Waals surface area (Å²) in [6, 6.07) is 6.75. The Labute approximate surface area is 149 Å². The first-order valence-electron chi connectivity index (χ1n) is 8.97. The van der Waals surface area contributed by atoms with Crippen LogP contribution in [0, 0.1) is 0 Å². The van der Waals surface area contributed by atoms with Crippen LogP contribution in [0.1, 0.15) is 44.1 Å². The number of carbonyl (C=O) groups is 1. The Morgan fingerprint density at radius 2 is 1.80 bits per heavy atom. The number of carbonyl (C=O) groups excluding carboxylic acids is 1. The SMILES string of the molecule is O=C1CCCN1CCc1ccc(S(=O)(=O)NCC2(O)CCCC2)cc1. The molecule has 25 heavy (non-hydrogen) atoms. The average Bonchev–Trinajstić information content (AvgIpc) is 3.21. The predicted octanol–water partition coefficient (Wildman–Crippen LogP) is 1.43. The molecule has 1 aliphatic heterocycles. The fourth-order valence-corrected chi connectivity index (χ4v) is 4.68. The average molecular weight is 366 g/mol. The fraction of sp³-hybridized carbons (Fsp3) is 0.611. The molecule has 2 N–H and O–H groups in total. The molecule has 1 saturated heterocycles. The van der Waals surface area contributed by atoms with Gasteiger partial charge in [0.05, 0.1) is 10.5 Å². The summed E-state index contributed by atoms with van der Waals surface area (Å²) in [5, 5.41) is 10.3. The normalized spacial score (nSPS) is 20.4. The molecule has 0 aromatic heterocycles. The summed E-state index contributed by atoms with van der Waals surface area (Å²) in [6.45, 7) is 1.56. The van der Waals surface area contributed by atoms with Gasteiger partial charge in [-0.05, 0) is 43.4 Å². The summed E-state index contributed by atoms with van der Waals surface area (Å²) in [7, 11) is -3.62. The van der Waals surface area contributed by atoms with E-state index in [4.69, 9.17) is 0 Å². The molecule has 1 aliphatic carbocycles. The summed E-state index contributed by atoms with van der Waals surface area (Å²) in [5.74, 6) is 0.202. The fourth-order valence-electron chi connectivity index (χ4n) is 3.56.